The van der Waals surface area contributed by atoms with Crippen LogP contribution in [-0.4, -0.2) is 35.1 Å². The second-order valence-corrected chi connectivity index (χ2v) is 9.40. The van der Waals surface area contributed by atoms with Gasteiger partial charge in [0.25, 0.3) is 11.1 Å². The van der Waals surface area contributed by atoms with E-state index in [9.17, 15) is 23.2 Å². The average Bonchev–Trinajstić information content (AvgIpc) is 3.14. The molecule has 1 aliphatic rings. The van der Waals surface area contributed by atoms with Gasteiger partial charge in [-0.3, -0.25) is 19.3 Å². The molecule has 196 valence electrons. The topological polar surface area (TPSA) is 84.9 Å². The van der Waals surface area contributed by atoms with Crippen LogP contribution in [0.5, 0.6) is 11.5 Å². The van der Waals surface area contributed by atoms with Crippen molar-refractivity contribution in [2.75, 3.05) is 18.5 Å². The Hall–Kier alpha value is -3.89. The van der Waals surface area contributed by atoms with Crippen LogP contribution in [0.4, 0.5) is 19.3 Å². The van der Waals surface area contributed by atoms with Crippen molar-refractivity contribution in [3.05, 3.63) is 93.4 Å². The first-order valence-electron chi connectivity index (χ1n) is 11.4. The Bertz CT molecular complexity index is 1420. The van der Waals surface area contributed by atoms with Crippen molar-refractivity contribution in [3.63, 3.8) is 0 Å². The van der Waals surface area contributed by atoms with E-state index in [0.717, 1.165) is 16.5 Å². The summed E-state index contributed by atoms with van der Waals surface area (Å²) in [6.45, 7) is 1.86. The van der Waals surface area contributed by atoms with Crippen LogP contribution in [0.3, 0.4) is 0 Å². The van der Waals surface area contributed by atoms with Gasteiger partial charge in [0.05, 0.1) is 16.5 Å². The van der Waals surface area contributed by atoms with Crippen molar-refractivity contribution in [2.24, 2.45) is 0 Å². The molecule has 3 aromatic rings. The third-order valence-electron chi connectivity index (χ3n) is 5.25. The smallest absolute Gasteiger partial charge is 0.294 e. The highest BCUT2D eigenvalue weighted by Crippen LogP contribution is 2.35. The number of halogens is 3. The van der Waals surface area contributed by atoms with Gasteiger partial charge in [-0.25, -0.2) is 8.78 Å². The molecule has 0 spiro atoms. The molecule has 1 aliphatic heterocycles. The number of rotatable bonds is 9. The average molecular weight is 559 g/mol. The molecular weight excluding hydrogens is 538 g/mol. The van der Waals surface area contributed by atoms with Gasteiger partial charge in [-0.05, 0) is 78.4 Å². The predicted molar refractivity (Wildman–Crippen MR) is 141 cm³/mol. The van der Waals surface area contributed by atoms with Crippen molar-refractivity contribution < 1.29 is 32.6 Å². The van der Waals surface area contributed by atoms with Crippen LogP contribution in [0.1, 0.15) is 18.1 Å². The molecule has 1 saturated heterocycles. The second-order valence-electron chi connectivity index (χ2n) is 8.00. The van der Waals surface area contributed by atoms with Crippen molar-refractivity contribution in [1.29, 1.82) is 0 Å². The van der Waals surface area contributed by atoms with Gasteiger partial charge in [0, 0.05) is 5.69 Å². The number of nitrogens with zero attached hydrogens (tertiary/aromatic N) is 1. The molecule has 0 aliphatic carbocycles. The lowest BCUT2D eigenvalue weighted by atomic mass is 10.1. The summed E-state index contributed by atoms with van der Waals surface area (Å²) in [6, 6.07) is 14.6. The Morgan fingerprint density at radius 1 is 1.03 bits per heavy atom. The molecule has 1 heterocycles. The van der Waals surface area contributed by atoms with E-state index in [4.69, 9.17) is 21.1 Å². The summed E-state index contributed by atoms with van der Waals surface area (Å²) < 4.78 is 37.9. The lowest BCUT2D eigenvalue weighted by Crippen LogP contribution is -2.36. The Kier molecular flexibility index (Phi) is 8.65. The van der Waals surface area contributed by atoms with Gasteiger partial charge >= 0.3 is 0 Å². The quantitative estimate of drug-likeness (QED) is 0.312. The number of benzene rings is 3. The molecule has 0 saturated carbocycles. The fourth-order valence-electron chi connectivity index (χ4n) is 3.45. The molecule has 1 N–H and O–H groups in total. The van der Waals surface area contributed by atoms with E-state index >= 15 is 0 Å². The minimum atomic E-state index is -0.641. The molecule has 0 bridgehead atoms. The summed E-state index contributed by atoms with van der Waals surface area (Å²) in [4.78, 5) is 38.6. The summed E-state index contributed by atoms with van der Waals surface area (Å²) in [5.74, 6) is -1.35. The number of hydrogen-bond donors (Lipinski definition) is 1. The summed E-state index contributed by atoms with van der Waals surface area (Å²) in [5.41, 5.74) is 1.59. The zero-order valence-electron chi connectivity index (χ0n) is 20.0. The molecule has 1 fully saturated rings. The molecular formula is C27H21ClF2N2O5S. The number of amides is 3. The van der Waals surface area contributed by atoms with Crippen LogP contribution < -0.4 is 14.8 Å². The first-order valence-corrected chi connectivity index (χ1v) is 12.6. The summed E-state index contributed by atoms with van der Waals surface area (Å²) in [5, 5.41) is 1.71. The van der Waals surface area contributed by atoms with Gasteiger partial charge in [-0.2, -0.15) is 0 Å². The highest BCUT2D eigenvalue weighted by atomic mass is 35.5. The largest absolute Gasteiger partial charge is 0.490 e. The number of thioether (sulfide) groups is 1. The monoisotopic (exact) mass is 558 g/mol. The number of carbonyl (C=O) groups is 3. The standard InChI is InChI=1S/C27H21ClF2N2O5S/c1-2-36-23-11-17(5-10-22(23)37-15-16-3-6-18(29)7-4-16)12-24-26(34)32(27(35)38-24)14-25(33)31-19-8-9-21(30)20(28)13-19/h3-13H,2,14-15H2,1H3,(H,31,33)/b24-12-. The lowest BCUT2D eigenvalue weighted by Gasteiger charge is -2.13. The molecule has 7 nitrogen and oxygen atoms in total. The van der Waals surface area contributed by atoms with E-state index in [1.165, 1.54) is 30.3 Å². The highest BCUT2D eigenvalue weighted by Gasteiger charge is 2.36. The number of imide groups is 1. The predicted octanol–water partition coefficient (Wildman–Crippen LogP) is 6.27. The maximum Gasteiger partial charge on any atom is 0.294 e. The number of nitrogens with one attached hydrogen (secondary N) is 1. The van der Waals surface area contributed by atoms with Crippen LogP contribution in [-0.2, 0) is 16.2 Å². The first kappa shape index (κ1) is 27.2. The number of carbonyl (C=O) groups excluding carboxylic acids is 3. The fraction of sp³-hybridized carbons (Fsp3) is 0.148. The highest BCUT2D eigenvalue weighted by molar-refractivity contribution is 8.18. The fourth-order valence-corrected chi connectivity index (χ4v) is 4.47. The SMILES string of the molecule is CCOc1cc(/C=C2\SC(=O)N(CC(=O)Nc3ccc(F)c(Cl)c3)C2=O)ccc1OCc1ccc(F)cc1. The maximum absolute atomic E-state index is 13.3. The molecule has 4 rings (SSSR count). The zero-order chi connectivity index (χ0) is 27.2. The van der Waals surface area contributed by atoms with Crippen LogP contribution in [0.2, 0.25) is 5.02 Å². The minimum Gasteiger partial charge on any atom is -0.490 e. The van der Waals surface area contributed by atoms with Gasteiger partial charge in [0.2, 0.25) is 5.91 Å². The number of hydrogen-bond acceptors (Lipinski definition) is 6. The van der Waals surface area contributed by atoms with Gasteiger partial charge in [0.1, 0.15) is 24.8 Å². The van der Waals surface area contributed by atoms with E-state index in [1.807, 2.05) is 6.92 Å². The third-order valence-corrected chi connectivity index (χ3v) is 6.45. The molecule has 3 amide bonds. The van der Waals surface area contributed by atoms with Crippen LogP contribution in [0, 0.1) is 11.6 Å². The van der Waals surface area contributed by atoms with E-state index in [-0.39, 0.29) is 28.0 Å². The van der Waals surface area contributed by atoms with Gasteiger partial charge < -0.3 is 14.8 Å². The number of ether oxygens (including phenoxy) is 2. The Morgan fingerprint density at radius 3 is 2.50 bits per heavy atom. The molecule has 38 heavy (non-hydrogen) atoms. The van der Waals surface area contributed by atoms with Crippen LogP contribution >= 0.6 is 23.4 Å². The molecule has 0 unspecified atom stereocenters. The van der Waals surface area contributed by atoms with Crippen molar-refractivity contribution in [1.82, 2.24) is 4.90 Å². The van der Waals surface area contributed by atoms with Crippen molar-refractivity contribution in [2.45, 2.75) is 13.5 Å². The van der Waals surface area contributed by atoms with Crippen molar-refractivity contribution in [3.8, 4) is 11.5 Å². The third kappa shape index (κ3) is 6.70. The zero-order valence-corrected chi connectivity index (χ0v) is 21.6. The first-order chi connectivity index (χ1) is 18.2. The van der Waals surface area contributed by atoms with E-state index in [0.29, 0.717) is 35.4 Å². The Labute approximate surface area is 226 Å². The van der Waals surface area contributed by atoms with E-state index in [2.05, 4.69) is 5.32 Å². The minimum absolute atomic E-state index is 0.134. The normalized spacial score (nSPS) is 14.2. The Morgan fingerprint density at radius 2 is 1.79 bits per heavy atom. The second kappa shape index (κ2) is 12.1. The molecule has 11 heteroatoms. The molecule has 3 aromatic carbocycles. The van der Waals surface area contributed by atoms with Crippen LogP contribution in [0.25, 0.3) is 6.08 Å². The Balaban J connectivity index is 1.44. The number of anilines is 1. The van der Waals surface area contributed by atoms with Crippen molar-refractivity contribution >= 4 is 52.2 Å². The van der Waals surface area contributed by atoms with E-state index in [1.54, 1.807) is 30.3 Å². The summed E-state index contributed by atoms with van der Waals surface area (Å²) >= 11 is 6.42. The molecule has 0 atom stereocenters. The van der Waals surface area contributed by atoms with E-state index < -0.39 is 29.4 Å². The molecule has 0 radical (unpaired) electrons. The summed E-state index contributed by atoms with van der Waals surface area (Å²) in [7, 11) is 0. The van der Waals surface area contributed by atoms with Crippen LogP contribution in [0.15, 0.2) is 65.6 Å². The molecule has 0 aromatic heterocycles. The maximum atomic E-state index is 13.3. The lowest BCUT2D eigenvalue weighted by molar-refractivity contribution is -0.127. The van der Waals surface area contributed by atoms with Gasteiger partial charge in [0.15, 0.2) is 11.5 Å². The summed E-state index contributed by atoms with van der Waals surface area (Å²) in [6.07, 6.45) is 1.52. The van der Waals surface area contributed by atoms with Gasteiger partial charge in [-0.15, -0.1) is 0 Å². The van der Waals surface area contributed by atoms with Gasteiger partial charge in [-0.1, -0.05) is 29.8 Å².